The minimum absolute atomic E-state index is 0.889. The molecule has 1 amide bonds. The van der Waals surface area contributed by atoms with Crippen LogP contribution in [0.4, 0.5) is 0 Å². The van der Waals surface area contributed by atoms with Crippen LogP contribution in [0.15, 0.2) is 0 Å². The highest BCUT2D eigenvalue weighted by molar-refractivity contribution is 5.47. The summed E-state index contributed by atoms with van der Waals surface area (Å²) in [7, 11) is 2.07. The quantitative estimate of drug-likeness (QED) is 0.566. The molecule has 0 saturated carbocycles. The van der Waals surface area contributed by atoms with Gasteiger partial charge >= 0.3 is 0 Å². The third-order valence-corrected chi connectivity index (χ3v) is 2.51. The molecular weight excluding hydrogens is 180 g/mol. The Morgan fingerprint density at radius 3 is 2.00 bits per heavy atom. The Morgan fingerprint density at radius 2 is 1.64 bits per heavy atom. The molecule has 82 valence electrons. The summed E-state index contributed by atoms with van der Waals surface area (Å²) >= 11 is 0. The molecule has 2 aliphatic heterocycles. The molecule has 4 nitrogen and oxygen atoms in total. The molecule has 2 aliphatic rings. The number of ether oxygens (including phenoxy) is 1. The fourth-order valence-corrected chi connectivity index (χ4v) is 1.44. The van der Waals surface area contributed by atoms with E-state index in [1.807, 2.05) is 0 Å². The Balaban J connectivity index is 0.000000165. The lowest BCUT2D eigenvalue weighted by atomic mass is 10.4. The van der Waals surface area contributed by atoms with Crippen LogP contribution < -0.4 is 0 Å². The maximum Gasteiger partial charge on any atom is 0.209 e. The normalized spacial score (nSPS) is 22.8. The monoisotopic (exact) mass is 200 g/mol. The first kappa shape index (κ1) is 11.5. The first-order chi connectivity index (χ1) is 6.83. The molecule has 0 spiro atoms. The number of hydrogen-bond acceptors (Lipinski definition) is 3. The molecule has 0 atom stereocenters. The van der Waals surface area contributed by atoms with Crippen LogP contribution in [0.5, 0.6) is 0 Å². The summed E-state index contributed by atoms with van der Waals surface area (Å²) in [6, 6.07) is 0. The van der Waals surface area contributed by atoms with Crippen molar-refractivity contribution in [3.63, 3.8) is 0 Å². The molecule has 0 aromatic heterocycles. The molecule has 0 radical (unpaired) electrons. The molecule has 0 aromatic rings. The van der Waals surface area contributed by atoms with Crippen molar-refractivity contribution in [2.75, 3.05) is 46.4 Å². The second kappa shape index (κ2) is 6.79. The van der Waals surface area contributed by atoms with Crippen LogP contribution in [-0.4, -0.2) is 62.7 Å². The minimum Gasteiger partial charge on any atom is -0.381 e. The average molecular weight is 200 g/mol. The first-order valence-corrected chi connectivity index (χ1v) is 5.28. The fraction of sp³-hybridized carbons (Fsp3) is 0.900. The maximum atomic E-state index is 10.2. The van der Waals surface area contributed by atoms with E-state index in [0.29, 0.717) is 0 Å². The molecule has 0 bridgehead atoms. The van der Waals surface area contributed by atoms with E-state index in [0.717, 1.165) is 45.8 Å². The standard InChI is InChI=1S/C6H12N2O.C4H8O/c1-7-2-4-8(6-9)5-3-7;1-2-4-5-3-1/h6H,2-5H2,1H3;1-4H2. The van der Waals surface area contributed by atoms with E-state index >= 15 is 0 Å². The number of rotatable bonds is 1. The van der Waals surface area contributed by atoms with Gasteiger partial charge < -0.3 is 14.5 Å². The zero-order valence-electron chi connectivity index (χ0n) is 8.95. The Labute approximate surface area is 85.8 Å². The molecule has 2 heterocycles. The zero-order valence-corrected chi connectivity index (χ0v) is 8.95. The van der Waals surface area contributed by atoms with Crippen molar-refractivity contribution in [2.45, 2.75) is 12.8 Å². The minimum atomic E-state index is 0.889. The lowest BCUT2D eigenvalue weighted by molar-refractivity contribution is -0.119. The lowest BCUT2D eigenvalue weighted by Crippen LogP contribution is -2.43. The number of likely N-dealkylation sites (N-methyl/N-ethyl adjacent to an activating group) is 1. The van der Waals surface area contributed by atoms with Gasteiger partial charge in [-0.05, 0) is 19.9 Å². The maximum absolute atomic E-state index is 10.2. The molecule has 4 heteroatoms. The van der Waals surface area contributed by atoms with Gasteiger partial charge in [-0.2, -0.15) is 0 Å². The van der Waals surface area contributed by atoms with E-state index in [-0.39, 0.29) is 0 Å². The Kier molecular flexibility index (Phi) is 5.56. The third-order valence-electron chi connectivity index (χ3n) is 2.51. The number of nitrogens with zero attached hydrogens (tertiary/aromatic N) is 2. The van der Waals surface area contributed by atoms with Gasteiger partial charge in [-0.3, -0.25) is 4.79 Å². The van der Waals surface area contributed by atoms with Crippen LogP contribution in [-0.2, 0) is 9.53 Å². The van der Waals surface area contributed by atoms with Crippen LogP contribution in [0.1, 0.15) is 12.8 Å². The van der Waals surface area contributed by atoms with Crippen molar-refractivity contribution in [1.82, 2.24) is 9.80 Å². The highest BCUT2D eigenvalue weighted by Gasteiger charge is 2.10. The molecule has 2 rings (SSSR count). The van der Waals surface area contributed by atoms with Crippen molar-refractivity contribution in [1.29, 1.82) is 0 Å². The van der Waals surface area contributed by atoms with E-state index in [1.54, 1.807) is 4.90 Å². The van der Waals surface area contributed by atoms with Gasteiger partial charge in [-0.25, -0.2) is 0 Å². The van der Waals surface area contributed by atoms with E-state index in [4.69, 9.17) is 4.74 Å². The molecule has 2 saturated heterocycles. The molecule has 0 aromatic carbocycles. The first-order valence-electron chi connectivity index (χ1n) is 5.28. The molecule has 14 heavy (non-hydrogen) atoms. The molecule has 0 aliphatic carbocycles. The predicted octanol–water partition coefficient (Wildman–Crippen LogP) is 0.187. The highest BCUT2D eigenvalue weighted by atomic mass is 16.5. The summed E-state index contributed by atoms with van der Waals surface area (Å²) in [5, 5.41) is 0. The van der Waals surface area contributed by atoms with Gasteiger partial charge in [-0.15, -0.1) is 0 Å². The SMILES string of the molecule is C1CCOC1.CN1CCN(C=O)CC1. The van der Waals surface area contributed by atoms with Crippen molar-refractivity contribution in [3.8, 4) is 0 Å². The van der Waals surface area contributed by atoms with E-state index in [2.05, 4.69) is 11.9 Å². The largest absolute Gasteiger partial charge is 0.381 e. The summed E-state index contributed by atoms with van der Waals surface area (Å²) < 4.78 is 4.94. The lowest BCUT2D eigenvalue weighted by Gasteiger charge is -2.29. The van der Waals surface area contributed by atoms with Crippen LogP contribution in [0.3, 0.4) is 0 Å². The number of carbonyl (C=O) groups is 1. The van der Waals surface area contributed by atoms with Gasteiger partial charge in [0.15, 0.2) is 0 Å². The van der Waals surface area contributed by atoms with Gasteiger partial charge in [0, 0.05) is 39.4 Å². The topological polar surface area (TPSA) is 32.8 Å². The van der Waals surface area contributed by atoms with Gasteiger partial charge in [0.25, 0.3) is 0 Å². The number of piperazine rings is 1. The van der Waals surface area contributed by atoms with Gasteiger partial charge in [0.05, 0.1) is 0 Å². The number of hydrogen-bond donors (Lipinski definition) is 0. The predicted molar refractivity (Wildman–Crippen MR) is 55.2 cm³/mol. The molecule has 2 fully saturated rings. The van der Waals surface area contributed by atoms with Crippen LogP contribution in [0.2, 0.25) is 0 Å². The van der Waals surface area contributed by atoms with E-state index in [1.165, 1.54) is 12.8 Å². The summed E-state index contributed by atoms with van der Waals surface area (Å²) in [5.41, 5.74) is 0. The van der Waals surface area contributed by atoms with Crippen molar-refractivity contribution in [3.05, 3.63) is 0 Å². The van der Waals surface area contributed by atoms with Crippen molar-refractivity contribution >= 4 is 6.41 Å². The summed E-state index contributed by atoms with van der Waals surface area (Å²) in [5.74, 6) is 0. The van der Waals surface area contributed by atoms with Gasteiger partial charge in [-0.1, -0.05) is 0 Å². The summed E-state index contributed by atoms with van der Waals surface area (Å²) in [6.07, 6.45) is 3.48. The van der Waals surface area contributed by atoms with E-state index in [9.17, 15) is 4.79 Å². The third kappa shape index (κ3) is 4.58. The number of carbonyl (C=O) groups excluding carboxylic acids is 1. The van der Waals surface area contributed by atoms with E-state index < -0.39 is 0 Å². The van der Waals surface area contributed by atoms with Gasteiger partial charge in [0.2, 0.25) is 6.41 Å². The molecular formula is C10H20N2O2. The van der Waals surface area contributed by atoms with Crippen LogP contribution >= 0.6 is 0 Å². The second-order valence-electron chi connectivity index (χ2n) is 3.76. The van der Waals surface area contributed by atoms with Crippen LogP contribution in [0, 0.1) is 0 Å². The molecule has 0 unspecified atom stereocenters. The Hall–Kier alpha value is -0.610. The second-order valence-corrected chi connectivity index (χ2v) is 3.76. The fourth-order valence-electron chi connectivity index (χ4n) is 1.44. The zero-order chi connectivity index (χ0) is 10.2. The smallest absolute Gasteiger partial charge is 0.209 e. The highest BCUT2D eigenvalue weighted by Crippen LogP contribution is 1.98. The van der Waals surface area contributed by atoms with Crippen LogP contribution in [0.25, 0.3) is 0 Å². The van der Waals surface area contributed by atoms with Gasteiger partial charge in [0.1, 0.15) is 0 Å². The Bertz CT molecular complexity index is 145. The number of amides is 1. The Morgan fingerprint density at radius 1 is 1.07 bits per heavy atom. The average Bonchev–Trinajstić information content (AvgIpc) is 2.77. The summed E-state index contributed by atoms with van der Waals surface area (Å²) in [4.78, 5) is 14.2. The molecule has 0 N–H and O–H groups in total. The van der Waals surface area contributed by atoms with Crippen molar-refractivity contribution in [2.24, 2.45) is 0 Å². The summed E-state index contributed by atoms with van der Waals surface area (Å²) in [6.45, 7) is 5.80. The van der Waals surface area contributed by atoms with Crippen molar-refractivity contribution < 1.29 is 9.53 Å².